The number of thioether (sulfide) groups is 1. The Kier molecular flexibility index (Phi) is 8.21. The minimum atomic E-state index is -1.07. The molecule has 1 saturated heterocycles. The van der Waals surface area contributed by atoms with E-state index in [-0.39, 0.29) is 18.3 Å². The lowest BCUT2D eigenvalue weighted by atomic mass is 10.0. The van der Waals surface area contributed by atoms with Crippen molar-refractivity contribution in [3.63, 3.8) is 0 Å². The zero-order chi connectivity index (χ0) is 24.0. The molecule has 0 spiro atoms. The Bertz CT molecular complexity index is 967. The maximum Gasteiger partial charge on any atom is 0.408 e. The molecule has 0 saturated carbocycles. The Labute approximate surface area is 197 Å². The van der Waals surface area contributed by atoms with Crippen molar-refractivity contribution in [2.75, 3.05) is 12.9 Å². The monoisotopic (exact) mass is 472 g/mol. The van der Waals surface area contributed by atoms with E-state index in [0.717, 1.165) is 11.1 Å². The van der Waals surface area contributed by atoms with Gasteiger partial charge in [-0.3, -0.25) is 4.79 Å². The molecule has 1 fully saturated rings. The van der Waals surface area contributed by atoms with Gasteiger partial charge in [0.05, 0.1) is 7.11 Å². The number of carbonyl (C=O) groups is 3. The van der Waals surface area contributed by atoms with E-state index in [2.05, 4.69) is 5.32 Å². The van der Waals surface area contributed by atoms with Crippen molar-refractivity contribution < 1.29 is 29.0 Å². The van der Waals surface area contributed by atoms with Crippen LogP contribution in [0.15, 0.2) is 54.6 Å². The molecule has 3 atom stereocenters. The molecule has 1 unspecified atom stereocenters. The number of alkyl carbamates (subject to hydrolysis) is 1. The van der Waals surface area contributed by atoms with Crippen molar-refractivity contribution in [3.8, 4) is 5.75 Å². The zero-order valence-electron chi connectivity index (χ0n) is 18.8. The highest BCUT2D eigenvalue weighted by Crippen LogP contribution is 2.42. The summed E-state index contributed by atoms with van der Waals surface area (Å²) >= 11 is 1.40. The summed E-state index contributed by atoms with van der Waals surface area (Å²) in [5.41, 5.74) is 1.61. The third-order valence-corrected chi connectivity index (χ3v) is 6.68. The second-order valence-electron chi connectivity index (χ2n) is 7.99. The summed E-state index contributed by atoms with van der Waals surface area (Å²) in [6, 6.07) is 14.5. The minimum Gasteiger partial charge on any atom is -0.497 e. The molecular formula is C24H28N2O6S. The van der Waals surface area contributed by atoms with Crippen LogP contribution < -0.4 is 10.1 Å². The highest BCUT2D eigenvalue weighted by molar-refractivity contribution is 7.99. The van der Waals surface area contributed by atoms with Gasteiger partial charge in [0.25, 0.3) is 0 Å². The maximum absolute atomic E-state index is 13.5. The lowest BCUT2D eigenvalue weighted by Crippen LogP contribution is -2.54. The van der Waals surface area contributed by atoms with Gasteiger partial charge in [-0.05, 0) is 29.2 Å². The second kappa shape index (κ2) is 11.1. The van der Waals surface area contributed by atoms with Gasteiger partial charge >= 0.3 is 12.1 Å². The van der Waals surface area contributed by atoms with E-state index < -0.39 is 35.4 Å². The van der Waals surface area contributed by atoms with Crippen LogP contribution in [0.1, 0.15) is 30.3 Å². The van der Waals surface area contributed by atoms with Crippen LogP contribution >= 0.6 is 11.8 Å². The molecule has 8 nitrogen and oxygen atoms in total. The number of amides is 2. The molecule has 1 aliphatic heterocycles. The third kappa shape index (κ3) is 5.98. The number of benzene rings is 2. The van der Waals surface area contributed by atoms with Crippen molar-refractivity contribution >= 4 is 29.7 Å². The molecule has 2 aromatic rings. The highest BCUT2D eigenvalue weighted by Gasteiger charge is 2.45. The largest absolute Gasteiger partial charge is 0.497 e. The number of carboxylic acid groups (broad SMARTS) is 1. The van der Waals surface area contributed by atoms with Crippen molar-refractivity contribution in [2.45, 2.75) is 37.9 Å². The molecule has 0 bridgehead atoms. The third-order valence-electron chi connectivity index (χ3n) is 5.36. The first kappa shape index (κ1) is 24.4. The molecule has 2 N–H and O–H groups in total. The van der Waals surface area contributed by atoms with E-state index >= 15 is 0 Å². The molecule has 0 aromatic heterocycles. The molecule has 1 heterocycles. The summed E-state index contributed by atoms with van der Waals surface area (Å²) in [6.45, 7) is 3.62. The Morgan fingerprint density at radius 3 is 2.36 bits per heavy atom. The van der Waals surface area contributed by atoms with Gasteiger partial charge in [-0.1, -0.05) is 56.3 Å². The fraction of sp³-hybridized carbons (Fsp3) is 0.375. The van der Waals surface area contributed by atoms with E-state index in [4.69, 9.17) is 9.47 Å². The number of aliphatic carboxylic acids is 1. The summed E-state index contributed by atoms with van der Waals surface area (Å²) < 4.78 is 10.4. The van der Waals surface area contributed by atoms with Crippen LogP contribution in [0.25, 0.3) is 0 Å². The van der Waals surface area contributed by atoms with Gasteiger partial charge in [0.1, 0.15) is 29.8 Å². The van der Waals surface area contributed by atoms with Crippen LogP contribution in [0, 0.1) is 5.92 Å². The number of nitrogens with one attached hydrogen (secondary N) is 1. The van der Waals surface area contributed by atoms with Gasteiger partial charge in [0, 0.05) is 5.75 Å². The Balaban J connectivity index is 1.72. The van der Waals surface area contributed by atoms with Gasteiger partial charge in [0.2, 0.25) is 5.91 Å². The Morgan fingerprint density at radius 1 is 1.12 bits per heavy atom. The number of hydrogen-bond acceptors (Lipinski definition) is 6. The lowest BCUT2D eigenvalue weighted by Gasteiger charge is -2.32. The molecule has 176 valence electrons. The van der Waals surface area contributed by atoms with Crippen LogP contribution in [0.2, 0.25) is 0 Å². The van der Waals surface area contributed by atoms with Crippen LogP contribution in [-0.4, -0.2) is 52.9 Å². The fourth-order valence-electron chi connectivity index (χ4n) is 3.55. The van der Waals surface area contributed by atoms with Gasteiger partial charge in [-0.2, -0.15) is 0 Å². The van der Waals surface area contributed by atoms with E-state index in [0.29, 0.717) is 5.75 Å². The molecule has 9 heteroatoms. The summed E-state index contributed by atoms with van der Waals surface area (Å²) in [5, 5.41) is 11.9. The number of rotatable bonds is 8. The number of carboxylic acids is 1. The standard InChI is InChI=1S/C24H28N2O6S/c1-15(2)20(25-24(30)32-13-16-9-11-18(31-3)12-10-16)21(27)26-19(23(28)29)14-33-22(26)17-7-5-4-6-8-17/h4-12,15,19-20,22H,13-14H2,1-3H3,(H,25,30)(H,28,29)/t19-,20-,22?/m0/s1. The van der Waals surface area contributed by atoms with Crippen molar-refractivity contribution in [2.24, 2.45) is 5.92 Å². The number of ether oxygens (including phenoxy) is 2. The quantitative estimate of drug-likeness (QED) is 0.604. The van der Waals surface area contributed by atoms with Crippen LogP contribution in [0.5, 0.6) is 5.75 Å². The predicted molar refractivity (Wildman–Crippen MR) is 125 cm³/mol. The van der Waals surface area contributed by atoms with Gasteiger partial charge in [-0.15, -0.1) is 11.8 Å². The first-order chi connectivity index (χ1) is 15.8. The lowest BCUT2D eigenvalue weighted by molar-refractivity contribution is -0.150. The normalized spacial score (nSPS) is 18.6. The molecular weight excluding hydrogens is 444 g/mol. The number of hydrogen-bond donors (Lipinski definition) is 2. The molecule has 3 rings (SSSR count). The average Bonchev–Trinajstić information content (AvgIpc) is 3.27. The number of nitrogens with zero attached hydrogens (tertiary/aromatic N) is 1. The van der Waals surface area contributed by atoms with E-state index in [1.165, 1.54) is 16.7 Å². The smallest absolute Gasteiger partial charge is 0.408 e. The summed E-state index contributed by atoms with van der Waals surface area (Å²) in [4.78, 5) is 39.3. The summed E-state index contributed by atoms with van der Waals surface area (Å²) in [7, 11) is 1.57. The van der Waals surface area contributed by atoms with Gasteiger partial charge < -0.3 is 24.8 Å². The first-order valence-corrected chi connectivity index (χ1v) is 11.6. The maximum atomic E-state index is 13.5. The van der Waals surface area contributed by atoms with E-state index in [1.807, 2.05) is 30.3 Å². The fourth-order valence-corrected chi connectivity index (χ4v) is 4.98. The molecule has 2 amide bonds. The van der Waals surface area contributed by atoms with E-state index in [1.54, 1.807) is 45.2 Å². The Morgan fingerprint density at radius 2 is 1.79 bits per heavy atom. The van der Waals surface area contributed by atoms with E-state index in [9.17, 15) is 19.5 Å². The van der Waals surface area contributed by atoms with Gasteiger partial charge in [0.15, 0.2) is 0 Å². The first-order valence-electron chi connectivity index (χ1n) is 10.6. The number of methoxy groups -OCH3 is 1. The molecule has 1 aliphatic rings. The van der Waals surface area contributed by atoms with Crippen LogP contribution in [-0.2, 0) is 20.9 Å². The summed E-state index contributed by atoms with van der Waals surface area (Å²) in [5.74, 6) is -0.829. The SMILES string of the molecule is COc1ccc(COC(=O)N[C@H](C(=O)N2C(c3ccccc3)SC[C@H]2C(=O)O)C(C)C)cc1. The Hall–Kier alpha value is -3.20. The average molecular weight is 473 g/mol. The van der Waals surface area contributed by atoms with Crippen molar-refractivity contribution in [3.05, 3.63) is 65.7 Å². The summed E-state index contributed by atoms with van der Waals surface area (Å²) in [6.07, 6.45) is -0.743. The number of carbonyl (C=O) groups excluding carboxylic acids is 2. The van der Waals surface area contributed by atoms with Crippen LogP contribution in [0.3, 0.4) is 0 Å². The zero-order valence-corrected chi connectivity index (χ0v) is 19.6. The topological polar surface area (TPSA) is 105 Å². The van der Waals surface area contributed by atoms with Crippen LogP contribution in [0.4, 0.5) is 4.79 Å². The molecule has 33 heavy (non-hydrogen) atoms. The van der Waals surface area contributed by atoms with Crippen molar-refractivity contribution in [1.82, 2.24) is 10.2 Å². The van der Waals surface area contributed by atoms with Gasteiger partial charge in [-0.25, -0.2) is 9.59 Å². The van der Waals surface area contributed by atoms with Crippen molar-refractivity contribution in [1.29, 1.82) is 0 Å². The second-order valence-corrected chi connectivity index (χ2v) is 9.10. The molecule has 0 radical (unpaired) electrons. The predicted octanol–water partition coefficient (Wildman–Crippen LogP) is 3.67. The molecule has 0 aliphatic carbocycles. The molecule has 2 aromatic carbocycles. The minimum absolute atomic E-state index is 0.0266. The highest BCUT2D eigenvalue weighted by atomic mass is 32.2.